The number of ether oxygens (including phenoxy) is 1. The summed E-state index contributed by atoms with van der Waals surface area (Å²) in [7, 11) is 0. The molecule has 0 N–H and O–H groups in total. The van der Waals surface area contributed by atoms with Gasteiger partial charge in [-0.15, -0.1) is 0 Å². The van der Waals surface area contributed by atoms with Gasteiger partial charge in [0.1, 0.15) is 10.6 Å². The van der Waals surface area contributed by atoms with Crippen LogP contribution in [-0.2, 0) is 0 Å². The van der Waals surface area contributed by atoms with Crippen molar-refractivity contribution in [1.82, 2.24) is 0 Å². The summed E-state index contributed by atoms with van der Waals surface area (Å²) >= 11 is 11.5. The Morgan fingerprint density at radius 1 is 1.38 bits per heavy atom. The van der Waals surface area contributed by atoms with Crippen LogP contribution >= 0.6 is 23.2 Å². The van der Waals surface area contributed by atoms with E-state index in [2.05, 4.69) is 0 Å². The number of fused-ring (bicyclic) bond motifs is 1. The summed E-state index contributed by atoms with van der Waals surface area (Å²) in [4.78, 5) is 21.7. The lowest BCUT2D eigenvalue weighted by molar-refractivity contribution is -0.385. The maximum absolute atomic E-state index is 11.6. The molecule has 0 spiro atoms. The highest BCUT2D eigenvalue weighted by atomic mass is 35.5. The molecule has 1 aliphatic rings. The zero-order valence-electron chi connectivity index (χ0n) is 7.83. The highest BCUT2D eigenvalue weighted by Crippen LogP contribution is 2.43. The van der Waals surface area contributed by atoms with Gasteiger partial charge in [0, 0.05) is 6.42 Å². The van der Waals surface area contributed by atoms with Crippen LogP contribution in [0.3, 0.4) is 0 Å². The van der Waals surface area contributed by atoms with Crippen LogP contribution in [0.25, 0.3) is 0 Å². The standard InChI is InChI=1S/C9H5Cl2NO4/c10-4-3-5(11)9-7(8(4)12(14)15)6(13)1-2-16-9/h3H,1-2H2. The van der Waals surface area contributed by atoms with Crippen molar-refractivity contribution < 1.29 is 14.5 Å². The molecule has 1 aromatic rings. The number of hydrogen-bond acceptors (Lipinski definition) is 4. The number of halogens is 2. The molecular formula is C9H5Cl2NO4. The second kappa shape index (κ2) is 3.92. The van der Waals surface area contributed by atoms with Crippen LogP contribution in [0.5, 0.6) is 5.75 Å². The van der Waals surface area contributed by atoms with Gasteiger partial charge in [-0.25, -0.2) is 0 Å². The molecule has 0 aromatic heterocycles. The lowest BCUT2D eigenvalue weighted by Crippen LogP contribution is -2.17. The first-order valence-electron chi connectivity index (χ1n) is 4.34. The van der Waals surface area contributed by atoms with Crippen molar-refractivity contribution in [3.63, 3.8) is 0 Å². The molecule has 1 aliphatic heterocycles. The molecule has 0 fully saturated rings. The topological polar surface area (TPSA) is 69.4 Å². The minimum Gasteiger partial charge on any atom is -0.491 e. The van der Waals surface area contributed by atoms with Crippen LogP contribution in [0.2, 0.25) is 10.0 Å². The van der Waals surface area contributed by atoms with E-state index in [0.717, 1.165) is 0 Å². The van der Waals surface area contributed by atoms with E-state index < -0.39 is 10.6 Å². The van der Waals surface area contributed by atoms with E-state index in [9.17, 15) is 14.9 Å². The van der Waals surface area contributed by atoms with Crippen LogP contribution in [0.1, 0.15) is 16.8 Å². The van der Waals surface area contributed by atoms with Crippen molar-refractivity contribution in [1.29, 1.82) is 0 Å². The highest BCUT2D eigenvalue weighted by Gasteiger charge is 2.33. The van der Waals surface area contributed by atoms with Crippen LogP contribution in [-0.4, -0.2) is 17.3 Å². The zero-order valence-corrected chi connectivity index (χ0v) is 9.34. The van der Waals surface area contributed by atoms with E-state index in [0.29, 0.717) is 0 Å². The molecule has 0 saturated carbocycles. The van der Waals surface area contributed by atoms with Gasteiger partial charge in [0.05, 0.1) is 16.6 Å². The van der Waals surface area contributed by atoms with Crippen LogP contribution in [0, 0.1) is 10.1 Å². The Kier molecular flexibility index (Phi) is 2.73. The first-order chi connectivity index (χ1) is 7.52. The third kappa shape index (κ3) is 1.62. The Bertz CT molecular complexity index is 501. The van der Waals surface area contributed by atoms with E-state index in [4.69, 9.17) is 27.9 Å². The maximum atomic E-state index is 11.6. The number of hydrogen-bond donors (Lipinski definition) is 0. The molecule has 16 heavy (non-hydrogen) atoms. The van der Waals surface area contributed by atoms with Gasteiger partial charge in [-0.05, 0) is 6.07 Å². The first kappa shape index (κ1) is 11.2. The number of carbonyl (C=O) groups is 1. The lowest BCUT2D eigenvalue weighted by Gasteiger charge is -2.17. The number of rotatable bonds is 1. The van der Waals surface area contributed by atoms with Crippen molar-refractivity contribution in [3.05, 3.63) is 31.8 Å². The quantitative estimate of drug-likeness (QED) is 0.576. The summed E-state index contributed by atoms with van der Waals surface area (Å²) in [6, 6.07) is 1.21. The third-order valence-electron chi connectivity index (χ3n) is 2.20. The van der Waals surface area contributed by atoms with Crippen LogP contribution in [0.4, 0.5) is 5.69 Å². The van der Waals surface area contributed by atoms with Crippen LogP contribution < -0.4 is 4.74 Å². The number of nitrogens with zero attached hydrogens (tertiary/aromatic N) is 1. The Hall–Kier alpha value is -1.33. The summed E-state index contributed by atoms with van der Waals surface area (Å²) in [6.07, 6.45) is 0.0878. The molecule has 0 amide bonds. The summed E-state index contributed by atoms with van der Waals surface area (Å²) in [6.45, 7) is 0.171. The predicted octanol–water partition coefficient (Wildman–Crippen LogP) is 2.87. The highest BCUT2D eigenvalue weighted by molar-refractivity contribution is 6.38. The molecule has 5 nitrogen and oxygen atoms in total. The number of carbonyl (C=O) groups excluding carboxylic acids is 1. The van der Waals surface area contributed by atoms with Crippen molar-refractivity contribution in [2.75, 3.05) is 6.61 Å². The maximum Gasteiger partial charge on any atom is 0.302 e. The van der Waals surface area contributed by atoms with Gasteiger partial charge in [-0.1, -0.05) is 23.2 Å². The lowest BCUT2D eigenvalue weighted by atomic mass is 10.0. The Morgan fingerprint density at radius 3 is 2.69 bits per heavy atom. The van der Waals surface area contributed by atoms with Crippen molar-refractivity contribution >= 4 is 34.7 Å². The zero-order chi connectivity index (χ0) is 11.9. The molecule has 84 valence electrons. The van der Waals surface area contributed by atoms with Gasteiger partial charge in [0.25, 0.3) is 0 Å². The van der Waals surface area contributed by atoms with Crippen LogP contribution in [0.15, 0.2) is 6.07 Å². The molecule has 7 heteroatoms. The average Bonchev–Trinajstić information content (AvgIpc) is 2.19. The molecule has 0 unspecified atom stereocenters. The summed E-state index contributed by atoms with van der Waals surface area (Å²) in [5.74, 6) is -0.327. The molecule has 1 aromatic carbocycles. The number of benzene rings is 1. The Morgan fingerprint density at radius 2 is 2.06 bits per heavy atom. The number of Topliss-reactive ketones (excluding diaryl/α,β-unsaturated/α-hetero) is 1. The van der Waals surface area contributed by atoms with Gasteiger partial charge in [-0.3, -0.25) is 14.9 Å². The molecule has 0 saturated heterocycles. The fourth-order valence-corrected chi connectivity index (χ4v) is 2.13. The predicted molar refractivity (Wildman–Crippen MR) is 57.6 cm³/mol. The number of nitro groups is 1. The Balaban J connectivity index is 2.79. The molecule has 1 heterocycles. The van der Waals surface area contributed by atoms with Crippen molar-refractivity contribution in [2.45, 2.75) is 6.42 Å². The fraction of sp³-hybridized carbons (Fsp3) is 0.222. The third-order valence-corrected chi connectivity index (χ3v) is 2.77. The molecule has 2 rings (SSSR count). The average molecular weight is 262 g/mol. The number of ketones is 1. The monoisotopic (exact) mass is 261 g/mol. The van der Waals surface area contributed by atoms with E-state index >= 15 is 0 Å². The summed E-state index contributed by atoms with van der Waals surface area (Å²) in [5.41, 5.74) is -0.570. The van der Waals surface area contributed by atoms with E-state index in [1.54, 1.807) is 0 Å². The second-order valence-electron chi connectivity index (χ2n) is 3.17. The smallest absolute Gasteiger partial charge is 0.302 e. The van der Waals surface area contributed by atoms with Crippen molar-refractivity contribution in [3.8, 4) is 5.75 Å². The minimum absolute atomic E-state index is 0.0500. The second-order valence-corrected chi connectivity index (χ2v) is 3.99. The van der Waals surface area contributed by atoms with Gasteiger partial charge in [-0.2, -0.15) is 0 Å². The Labute approximate surface area is 100 Å². The van der Waals surface area contributed by atoms with Gasteiger partial charge < -0.3 is 4.74 Å². The molecule has 0 radical (unpaired) electrons. The van der Waals surface area contributed by atoms with Gasteiger partial charge >= 0.3 is 5.69 Å². The molecular weight excluding hydrogens is 257 g/mol. The first-order valence-corrected chi connectivity index (χ1v) is 5.10. The normalized spacial score (nSPS) is 14.2. The molecule has 0 atom stereocenters. The fourth-order valence-electron chi connectivity index (χ4n) is 1.54. The molecule has 0 bridgehead atoms. The summed E-state index contributed by atoms with van der Waals surface area (Å²) in [5, 5.41) is 10.8. The molecule has 0 aliphatic carbocycles. The van der Waals surface area contributed by atoms with Gasteiger partial charge in [0.15, 0.2) is 11.5 Å². The SMILES string of the molecule is O=C1CCOc2c(Cl)cc(Cl)c([N+](=O)[O-])c21. The summed E-state index contributed by atoms with van der Waals surface area (Å²) < 4.78 is 5.15. The van der Waals surface area contributed by atoms with Crippen molar-refractivity contribution in [2.24, 2.45) is 0 Å². The van der Waals surface area contributed by atoms with E-state index in [1.807, 2.05) is 0 Å². The van der Waals surface area contributed by atoms with E-state index in [1.165, 1.54) is 6.07 Å². The number of nitro benzene ring substituents is 1. The largest absolute Gasteiger partial charge is 0.491 e. The van der Waals surface area contributed by atoms with Gasteiger partial charge in [0.2, 0.25) is 0 Å². The van der Waals surface area contributed by atoms with E-state index in [-0.39, 0.29) is 40.2 Å². The minimum atomic E-state index is -0.704.